The minimum absolute atomic E-state index is 0.265. The van der Waals surface area contributed by atoms with E-state index < -0.39 is 17.6 Å². The summed E-state index contributed by atoms with van der Waals surface area (Å²) in [5, 5.41) is 6.61. The lowest BCUT2D eigenvalue weighted by atomic mass is 9.94. The highest BCUT2D eigenvalue weighted by atomic mass is 16.6. The number of H-pyrrole nitrogens is 1. The van der Waals surface area contributed by atoms with Crippen molar-refractivity contribution < 1.29 is 19.1 Å². The summed E-state index contributed by atoms with van der Waals surface area (Å²) in [4.78, 5) is 40.4. The van der Waals surface area contributed by atoms with Crippen molar-refractivity contribution in [2.24, 2.45) is 0 Å². The molecule has 1 aromatic heterocycles. The third kappa shape index (κ3) is 4.55. The number of nitrogens with one attached hydrogen (secondary N) is 3. The zero-order valence-electron chi connectivity index (χ0n) is 19.1. The lowest BCUT2D eigenvalue weighted by molar-refractivity contribution is -0.144. The van der Waals surface area contributed by atoms with Crippen LogP contribution in [0.1, 0.15) is 39.2 Å². The van der Waals surface area contributed by atoms with Crippen LogP contribution < -0.4 is 16.2 Å². The predicted octanol–water partition coefficient (Wildman–Crippen LogP) is 4.61. The van der Waals surface area contributed by atoms with Crippen molar-refractivity contribution in [2.45, 2.75) is 39.2 Å². The van der Waals surface area contributed by atoms with E-state index in [1.54, 1.807) is 39.8 Å². The molecule has 1 unspecified atom stereocenters. The van der Waals surface area contributed by atoms with E-state index in [9.17, 15) is 14.4 Å². The van der Waals surface area contributed by atoms with Crippen LogP contribution in [0.15, 0.2) is 47.3 Å². The van der Waals surface area contributed by atoms with Crippen LogP contribution in [0.2, 0.25) is 0 Å². The average molecular weight is 450 g/mol. The number of amides is 1. The molecule has 0 saturated heterocycles. The van der Waals surface area contributed by atoms with Crippen molar-refractivity contribution in [3.63, 3.8) is 0 Å². The summed E-state index contributed by atoms with van der Waals surface area (Å²) < 4.78 is 10.6. The lowest BCUT2D eigenvalue weighted by Gasteiger charge is -2.20. The minimum atomic E-state index is -0.622. The molecule has 33 heavy (non-hydrogen) atoms. The average Bonchev–Trinajstić information content (AvgIpc) is 3.19. The number of anilines is 2. The van der Waals surface area contributed by atoms with Gasteiger partial charge in [-0.25, -0.2) is 4.79 Å². The van der Waals surface area contributed by atoms with Crippen molar-refractivity contribution in [1.29, 1.82) is 0 Å². The number of ether oxygens (including phenoxy) is 2. The van der Waals surface area contributed by atoms with Gasteiger partial charge in [-0.05, 0) is 51.5 Å². The van der Waals surface area contributed by atoms with Gasteiger partial charge in [0.05, 0.1) is 12.3 Å². The van der Waals surface area contributed by atoms with Crippen LogP contribution in [-0.2, 0) is 14.3 Å². The van der Waals surface area contributed by atoms with Gasteiger partial charge in [-0.2, -0.15) is 0 Å². The SMILES string of the molecule is CCOC(=O)C1CNc2c1c1cc(-c3ccccc3NC(=O)OC(C)(C)C)ccc1[nH]c2=O. The molecule has 0 fully saturated rings. The third-order valence-electron chi connectivity index (χ3n) is 5.33. The molecule has 0 aliphatic carbocycles. The molecule has 3 N–H and O–H groups in total. The summed E-state index contributed by atoms with van der Waals surface area (Å²) in [6.45, 7) is 7.73. The molecule has 3 aromatic rings. The number of carbonyl (C=O) groups is 2. The fourth-order valence-electron chi connectivity index (χ4n) is 4.03. The van der Waals surface area contributed by atoms with Gasteiger partial charge < -0.3 is 19.8 Å². The van der Waals surface area contributed by atoms with Gasteiger partial charge in [-0.15, -0.1) is 0 Å². The fraction of sp³-hybridized carbons (Fsp3) is 0.320. The second-order valence-electron chi connectivity index (χ2n) is 8.86. The Morgan fingerprint density at radius 2 is 1.91 bits per heavy atom. The molecule has 172 valence electrons. The number of hydrogen-bond acceptors (Lipinski definition) is 6. The molecular formula is C25H27N3O5. The number of esters is 1. The van der Waals surface area contributed by atoms with Crippen LogP contribution >= 0.6 is 0 Å². The number of aromatic nitrogens is 1. The third-order valence-corrected chi connectivity index (χ3v) is 5.33. The normalized spacial score (nSPS) is 15.0. The lowest BCUT2D eigenvalue weighted by Crippen LogP contribution is -2.27. The van der Waals surface area contributed by atoms with Gasteiger partial charge >= 0.3 is 12.1 Å². The van der Waals surface area contributed by atoms with Crippen molar-refractivity contribution in [1.82, 2.24) is 4.98 Å². The number of hydrogen-bond donors (Lipinski definition) is 3. The summed E-state index contributed by atoms with van der Waals surface area (Å²) in [6.07, 6.45) is -0.549. The summed E-state index contributed by atoms with van der Waals surface area (Å²) in [5.41, 5.74) is 2.93. The molecule has 0 bridgehead atoms. The van der Waals surface area contributed by atoms with Crippen molar-refractivity contribution in [2.75, 3.05) is 23.8 Å². The first kappa shape index (κ1) is 22.4. The van der Waals surface area contributed by atoms with Crippen LogP contribution in [0.4, 0.5) is 16.2 Å². The smallest absolute Gasteiger partial charge is 0.412 e. The molecule has 0 spiro atoms. The van der Waals surface area contributed by atoms with Gasteiger partial charge in [0.15, 0.2) is 0 Å². The Labute approximate surface area is 191 Å². The maximum atomic E-state index is 12.6. The molecule has 0 saturated carbocycles. The topological polar surface area (TPSA) is 110 Å². The molecular weight excluding hydrogens is 422 g/mol. The highest BCUT2D eigenvalue weighted by Crippen LogP contribution is 2.38. The minimum Gasteiger partial charge on any atom is -0.465 e. The Kier molecular flexibility index (Phi) is 5.84. The van der Waals surface area contributed by atoms with E-state index in [1.165, 1.54) is 0 Å². The van der Waals surface area contributed by atoms with Crippen LogP contribution in [0.5, 0.6) is 0 Å². The first-order chi connectivity index (χ1) is 15.7. The Balaban J connectivity index is 1.80. The number of aromatic amines is 1. The van der Waals surface area contributed by atoms with Crippen LogP contribution in [-0.4, -0.2) is 35.8 Å². The predicted molar refractivity (Wildman–Crippen MR) is 128 cm³/mol. The highest BCUT2D eigenvalue weighted by Gasteiger charge is 2.33. The Morgan fingerprint density at radius 3 is 2.64 bits per heavy atom. The largest absolute Gasteiger partial charge is 0.465 e. The number of carbonyl (C=O) groups excluding carboxylic acids is 2. The Morgan fingerprint density at radius 1 is 1.15 bits per heavy atom. The summed E-state index contributed by atoms with van der Waals surface area (Å²) in [7, 11) is 0. The molecule has 1 amide bonds. The number of benzene rings is 2. The van der Waals surface area contributed by atoms with E-state index in [4.69, 9.17) is 9.47 Å². The van der Waals surface area contributed by atoms with Crippen LogP contribution in [0.3, 0.4) is 0 Å². The molecule has 1 atom stereocenters. The zero-order valence-corrected chi connectivity index (χ0v) is 19.1. The summed E-state index contributed by atoms with van der Waals surface area (Å²) in [5.74, 6) is -0.942. The molecule has 4 rings (SSSR count). The first-order valence-corrected chi connectivity index (χ1v) is 10.9. The van der Waals surface area contributed by atoms with Gasteiger partial charge in [0, 0.05) is 28.6 Å². The molecule has 8 heteroatoms. The van der Waals surface area contributed by atoms with Crippen molar-refractivity contribution in [3.05, 3.63) is 58.4 Å². The van der Waals surface area contributed by atoms with Crippen LogP contribution in [0.25, 0.3) is 22.0 Å². The quantitative estimate of drug-likeness (QED) is 0.502. The Hall–Kier alpha value is -3.81. The van der Waals surface area contributed by atoms with E-state index in [0.29, 0.717) is 29.0 Å². The second kappa shape index (κ2) is 8.61. The second-order valence-corrected chi connectivity index (χ2v) is 8.86. The zero-order chi connectivity index (χ0) is 23.8. The number of para-hydroxylation sites is 1. The van der Waals surface area contributed by atoms with Gasteiger partial charge in [-0.3, -0.25) is 14.9 Å². The van der Waals surface area contributed by atoms with Crippen LogP contribution in [0, 0.1) is 0 Å². The summed E-state index contributed by atoms with van der Waals surface area (Å²) in [6, 6.07) is 13.0. The molecule has 2 heterocycles. The van der Waals surface area contributed by atoms with E-state index in [1.807, 2.05) is 30.3 Å². The van der Waals surface area contributed by atoms with E-state index in [2.05, 4.69) is 15.6 Å². The molecule has 1 aliphatic heterocycles. The van der Waals surface area contributed by atoms with Gasteiger partial charge in [0.25, 0.3) is 5.56 Å². The standard InChI is InChI=1S/C25H27N3O5/c1-5-32-23(30)17-13-26-21-20(17)16-12-14(10-11-19(16)27-22(21)29)15-8-6-7-9-18(15)28-24(31)33-25(2,3)4/h6-12,17,26H,5,13H2,1-4H3,(H,27,29)(H,28,31). The molecule has 2 aromatic carbocycles. The Bertz CT molecular complexity index is 1290. The number of fused-ring (bicyclic) bond motifs is 3. The monoisotopic (exact) mass is 449 g/mol. The molecule has 1 aliphatic rings. The maximum absolute atomic E-state index is 12.6. The van der Waals surface area contributed by atoms with Crippen molar-refractivity contribution >= 4 is 34.3 Å². The number of pyridine rings is 1. The van der Waals surface area contributed by atoms with Gasteiger partial charge in [0.1, 0.15) is 17.2 Å². The van der Waals surface area contributed by atoms with E-state index in [0.717, 1.165) is 16.5 Å². The maximum Gasteiger partial charge on any atom is 0.412 e. The van der Waals surface area contributed by atoms with Gasteiger partial charge in [0.2, 0.25) is 0 Å². The van der Waals surface area contributed by atoms with E-state index in [-0.39, 0.29) is 18.1 Å². The molecule has 0 radical (unpaired) electrons. The fourth-order valence-corrected chi connectivity index (χ4v) is 4.03. The first-order valence-electron chi connectivity index (χ1n) is 10.9. The highest BCUT2D eigenvalue weighted by molar-refractivity contribution is 5.99. The summed E-state index contributed by atoms with van der Waals surface area (Å²) >= 11 is 0. The number of rotatable bonds is 4. The van der Waals surface area contributed by atoms with Gasteiger partial charge in [-0.1, -0.05) is 24.3 Å². The molecule has 8 nitrogen and oxygen atoms in total. The van der Waals surface area contributed by atoms with Crippen molar-refractivity contribution in [3.8, 4) is 11.1 Å². The van der Waals surface area contributed by atoms with E-state index >= 15 is 0 Å².